The minimum Gasteiger partial charge on any atom is -0.377 e. The molecular formula is C60H46N4. The van der Waals surface area contributed by atoms with E-state index < -0.39 is 0 Å². The monoisotopic (exact) mass is 822 g/mol. The highest BCUT2D eigenvalue weighted by atomic mass is 15.1. The summed E-state index contributed by atoms with van der Waals surface area (Å²) in [5.41, 5.74) is 12.7. The standard InChI is InChI=1S/C60H46N4/c1-61(2)57-41-45(31-25-43-27-33-51(34-28-43)63(47-17-9-5-10-18-47)48-19-11-6-12-20-48)53-38-40-56-58(62(3)4)42-46(54-37-39-55(57)59(53)60(54)56)32-26-44-29-35-52(36-30-44)64(49-21-13-7-14-22-49)50-23-15-8-16-24-50/h5-24,27-30,33-42H,1-4H3. The molecule has 0 heterocycles. The van der Waals surface area contributed by atoms with Crippen LogP contribution in [0.25, 0.3) is 32.3 Å². The molecule has 0 N–H and O–H groups in total. The van der Waals surface area contributed by atoms with Gasteiger partial charge in [0.25, 0.3) is 0 Å². The van der Waals surface area contributed by atoms with E-state index >= 15 is 0 Å². The van der Waals surface area contributed by atoms with E-state index in [4.69, 9.17) is 0 Å². The second-order valence-electron chi connectivity index (χ2n) is 16.4. The van der Waals surface area contributed by atoms with Crippen molar-refractivity contribution in [3.63, 3.8) is 0 Å². The number of nitrogens with zero attached hydrogens (tertiary/aromatic N) is 4. The Morgan fingerprint density at radius 3 is 0.859 bits per heavy atom. The predicted molar refractivity (Wildman–Crippen MR) is 273 cm³/mol. The topological polar surface area (TPSA) is 13.0 Å². The first kappa shape index (κ1) is 39.7. The van der Waals surface area contributed by atoms with Crippen LogP contribution in [-0.4, -0.2) is 28.2 Å². The summed E-state index contributed by atoms with van der Waals surface area (Å²) in [4.78, 5) is 8.93. The predicted octanol–water partition coefficient (Wildman–Crippen LogP) is 14.5. The highest BCUT2D eigenvalue weighted by Gasteiger charge is 2.20. The Morgan fingerprint density at radius 1 is 0.281 bits per heavy atom. The molecule has 0 amide bonds. The van der Waals surface area contributed by atoms with Crippen molar-refractivity contribution < 1.29 is 0 Å². The summed E-state index contributed by atoms with van der Waals surface area (Å²) in [6.45, 7) is 0. The molecule has 0 unspecified atom stereocenters. The fraction of sp³-hybridized carbons (Fsp3) is 0.0667. The summed E-state index contributed by atoms with van der Waals surface area (Å²) in [6, 6.07) is 72.5. The van der Waals surface area contributed by atoms with Crippen molar-refractivity contribution >= 4 is 77.8 Å². The van der Waals surface area contributed by atoms with E-state index in [9.17, 15) is 0 Å². The van der Waals surface area contributed by atoms with Crippen LogP contribution in [0.3, 0.4) is 0 Å². The van der Waals surface area contributed by atoms with Gasteiger partial charge >= 0.3 is 0 Å². The van der Waals surface area contributed by atoms with Gasteiger partial charge in [-0.15, -0.1) is 0 Å². The molecule has 306 valence electrons. The molecule has 0 saturated heterocycles. The van der Waals surface area contributed by atoms with Crippen LogP contribution < -0.4 is 19.6 Å². The number of anilines is 8. The summed E-state index contributed by atoms with van der Waals surface area (Å²) in [5, 5.41) is 7.08. The van der Waals surface area contributed by atoms with Gasteiger partial charge in [0.15, 0.2) is 0 Å². The van der Waals surface area contributed by atoms with Crippen LogP contribution in [0.5, 0.6) is 0 Å². The van der Waals surface area contributed by atoms with Gasteiger partial charge in [0.2, 0.25) is 0 Å². The third-order valence-electron chi connectivity index (χ3n) is 11.8. The molecule has 10 aromatic rings. The Kier molecular flexibility index (Phi) is 10.6. The molecule has 0 atom stereocenters. The Bertz CT molecular complexity index is 3050. The van der Waals surface area contributed by atoms with Crippen LogP contribution in [0.1, 0.15) is 22.3 Å². The molecule has 10 rings (SSSR count). The van der Waals surface area contributed by atoms with E-state index in [0.717, 1.165) is 78.5 Å². The summed E-state index contributed by atoms with van der Waals surface area (Å²) < 4.78 is 0. The fourth-order valence-electron chi connectivity index (χ4n) is 8.77. The van der Waals surface area contributed by atoms with Crippen LogP contribution in [-0.2, 0) is 0 Å². The Labute approximate surface area is 376 Å². The smallest absolute Gasteiger partial charge is 0.0462 e. The van der Waals surface area contributed by atoms with E-state index in [1.165, 1.54) is 21.5 Å². The summed E-state index contributed by atoms with van der Waals surface area (Å²) in [5.74, 6) is 14.3. The molecular weight excluding hydrogens is 777 g/mol. The number of benzene rings is 10. The summed E-state index contributed by atoms with van der Waals surface area (Å²) >= 11 is 0. The van der Waals surface area contributed by atoms with Gasteiger partial charge in [-0.1, -0.05) is 121 Å². The van der Waals surface area contributed by atoms with Crippen molar-refractivity contribution in [2.24, 2.45) is 0 Å². The molecule has 0 aliphatic rings. The van der Waals surface area contributed by atoms with E-state index in [2.05, 4.69) is 253 Å². The lowest BCUT2D eigenvalue weighted by molar-refractivity contribution is 1.14. The SMILES string of the molecule is CN(C)c1cc(C#Cc2ccc(N(c3ccccc3)c3ccccc3)cc2)c2ccc3c(N(C)C)cc(C#Cc4ccc(N(c5ccccc5)c5ccccc5)cc4)c4ccc1c2c43. The van der Waals surface area contributed by atoms with Gasteiger partial charge in [0.1, 0.15) is 0 Å². The van der Waals surface area contributed by atoms with Crippen LogP contribution in [0, 0.1) is 23.7 Å². The van der Waals surface area contributed by atoms with Crippen molar-refractivity contribution in [2.75, 3.05) is 47.8 Å². The second kappa shape index (κ2) is 17.1. The summed E-state index contributed by atoms with van der Waals surface area (Å²) in [6.07, 6.45) is 0. The normalized spacial score (nSPS) is 10.9. The molecule has 0 aliphatic heterocycles. The third-order valence-corrected chi connectivity index (χ3v) is 11.8. The highest BCUT2D eigenvalue weighted by Crippen LogP contribution is 2.44. The van der Waals surface area contributed by atoms with Gasteiger partial charge in [-0.2, -0.15) is 0 Å². The average Bonchev–Trinajstić information content (AvgIpc) is 3.34. The van der Waals surface area contributed by atoms with E-state index in [1.807, 2.05) is 24.3 Å². The van der Waals surface area contributed by atoms with Gasteiger partial charge in [0, 0.05) is 117 Å². The second-order valence-corrected chi connectivity index (χ2v) is 16.4. The highest BCUT2D eigenvalue weighted by molar-refractivity contribution is 6.29. The third kappa shape index (κ3) is 7.60. The van der Waals surface area contributed by atoms with E-state index in [0.29, 0.717) is 0 Å². The van der Waals surface area contributed by atoms with Crippen molar-refractivity contribution in [3.05, 3.63) is 229 Å². The van der Waals surface area contributed by atoms with Crippen LogP contribution in [0.15, 0.2) is 206 Å². The zero-order valence-electron chi connectivity index (χ0n) is 36.4. The Hall–Kier alpha value is -8.44. The molecule has 0 aliphatic carbocycles. The molecule has 0 bridgehead atoms. The fourth-order valence-corrected chi connectivity index (χ4v) is 8.77. The van der Waals surface area contributed by atoms with E-state index in [1.54, 1.807) is 0 Å². The minimum absolute atomic E-state index is 0.954. The maximum atomic E-state index is 3.62. The number of hydrogen-bond acceptors (Lipinski definition) is 4. The maximum Gasteiger partial charge on any atom is 0.0462 e. The van der Waals surface area contributed by atoms with Gasteiger partial charge in [-0.05, 0) is 120 Å². The first-order valence-corrected chi connectivity index (χ1v) is 21.6. The molecule has 10 aromatic carbocycles. The minimum atomic E-state index is 0.954. The molecule has 0 spiro atoms. The zero-order valence-corrected chi connectivity index (χ0v) is 36.4. The van der Waals surface area contributed by atoms with Crippen molar-refractivity contribution in [1.82, 2.24) is 0 Å². The number of hydrogen-bond donors (Lipinski definition) is 0. The average molecular weight is 823 g/mol. The van der Waals surface area contributed by atoms with E-state index in [-0.39, 0.29) is 0 Å². The molecule has 64 heavy (non-hydrogen) atoms. The zero-order chi connectivity index (χ0) is 43.6. The van der Waals surface area contributed by atoms with Crippen LogP contribution in [0.4, 0.5) is 45.5 Å². The lowest BCUT2D eigenvalue weighted by atomic mass is 9.88. The van der Waals surface area contributed by atoms with Gasteiger partial charge in [0.05, 0.1) is 0 Å². The maximum absolute atomic E-state index is 3.62. The molecule has 0 saturated carbocycles. The molecule has 0 radical (unpaired) electrons. The number of para-hydroxylation sites is 4. The summed E-state index contributed by atoms with van der Waals surface area (Å²) in [7, 11) is 8.44. The van der Waals surface area contributed by atoms with Crippen molar-refractivity contribution in [1.29, 1.82) is 0 Å². The molecule has 0 fully saturated rings. The van der Waals surface area contributed by atoms with Crippen LogP contribution >= 0.6 is 0 Å². The lowest BCUT2D eigenvalue weighted by Crippen LogP contribution is -2.11. The first-order valence-electron chi connectivity index (χ1n) is 21.6. The Balaban J connectivity index is 1.04. The van der Waals surface area contributed by atoms with Gasteiger partial charge in [-0.3, -0.25) is 0 Å². The Morgan fingerprint density at radius 2 is 0.562 bits per heavy atom. The molecule has 0 aromatic heterocycles. The first-order chi connectivity index (χ1) is 31.4. The van der Waals surface area contributed by atoms with Gasteiger partial charge < -0.3 is 19.6 Å². The number of rotatable bonds is 8. The van der Waals surface area contributed by atoms with Crippen molar-refractivity contribution in [2.45, 2.75) is 0 Å². The largest absolute Gasteiger partial charge is 0.377 e. The quantitative estimate of drug-likeness (QED) is 0.112. The van der Waals surface area contributed by atoms with Crippen LogP contribution in [0.2, 0.25) is 0 Å². The van der Waals surface area contributed by atoms with Crippen molar-refractivity contribution in [3.8, 4) is 23.7 Å². The molecule has 4 nitrogen and oxygen atoms in total. The molecule has 4 heteroatoms. The van der Waals surface area contributed by atoms with Gasteiger partial charge in [-0.25, -0.2) is 0 Å². The lowest BCUT2D eigenvalue weighted by Gasteiger charge is -2.25.